The molecule has 1 aromatic rings. The highest BCUT2D eigenvalue weighted by molar-refractivity contribution is 6.02. The molecule has 0 aliphatic heterocycles. The van der Waals surface area contributed by atoms with Crippen molar-refractivity contribution in [2.75, 3.05) is 19.5 Å². The molecule has 1 atom stereocenters. The van der Waals surface area contributed by atoms with Crippen LogP contribution in [0.5, 0.6) is 0 Å². The van der Waals surface area contributed by atoms with Gasteiger partial charge in [0.2, 0.25) is 5.91 Å². The molecule has 0 bridgehead atoms. The molecule has 6 heteroatoms. The number of rotatable bonds is 7. The smallest absolute Gasteiger partial charge is 0.307 e. The quantitative estimate of drug-likeness (QED) is 0.585. The van der Waals surface area contributed by atoms with Crippen molar-refractivity contribution in [3.63, 3.8) is 0 Å². The van der Waals surface area contributed by atoms with Crippen molar-refractivity contribution in [3.8, 4) is 0 Å². The Morgan fingerprint density at radius 2 is 1.81 bits per heavy atom. The van der Waals surface area contributed by atoms with Crippen molar-refractivity contribution in [1.29, 1.82) is 0 Å². The first-order valence-corrected chi connectivity index (χ1v) is 6.70. The molecule has 1 amide bonds. The number of benzene rings is 1. The minimum Gasteiger partial charge on any atom is -0.469 e. The topological polar surface area (TPSA) is 84.5 Å². The number of hydrogen-bond donors (Lipinski definition) is 2. The molecule has 0 radical (unpaired) electrons. The molecule has 0 heterocycles. The molecular formula is C15H20N2O4. The van der Waals surface area contributed by atoms with Crippen molar-refractivity contribution in [1.82, 2.24) is 5.32 Å². The van der Waals surface area contributed by atoms with Gasteiger partial charge in [-0.25, -0.2) is 0 Å². The second-order valence-electron chi connectivity index (χ2n) is 4.46. The van der Waals surface area contributed by atoms with Crippen molar-refractivity contribution < 1.29 is 19.1 Å². The van der Waals surface area contributed by atoms with Gasteiger partial charge in [0.1, 0.15) is 0 Å². The van der Waals surface area contributed by atoms with E-state index in [2.05, 4.69) is 15.4 Å². The van der Waals surface area contributed by atoms with E-state index in [0.717, 1.165) is 0 Å². The van der Waals surface area contributed by atoms with Crippen molar-refractivity contribution in [3.05, 3.63) is 29.8 Å². The summed E-state index contributed by atoms with van der Waals surface area (Å²) < 4.78 is 4.57. The van der Waals surface area contributed by atoms with E-state index in [1.54, 1.807) is 38.2 Å². The van der Waals surface area contributed by atoms with E-state index in [4.69, 9.17) is 0 Å². The lowest BCUT2D eigenvalue weighted by atomic mass is 10.0. The summed E-state index contributed by atoms with van der Waals surface area (Å²) in [5.41, 5.74) is 1.10. The van der Waals surface area contributed by atoms with E-state index >= 15 is 0 Å². The first-order chi connectivity index (χ1) is 10.0. The molecule has 1 aromatic carbocycles. The van der Waals surface area contributed by atoms with Crippen LogP contribution in [0, 0.1) is 0 Å². The number of ether oxygens (including phenoxy) is 1. The normalized spacial score (nSPS) is 11.6. The van der Waals surface area contributed by atoms with Crippen molar-refractivity contribution in [2.24, 2.45) is 0 Å². The number of hydrogen-bond acceptors (Lipinski definition) is 5. The van der Waals surface area contributed by atoms with Gasteiger partial charge in [-0.05, 0) is 31.3 Å². The summed E-state index contributed by atoms with van der Waals surface area (Å²) in [4.78, 5) is 34.8. The van der Waals surface area contributed by atoms with Crippen LogP contribution in [0.1, 0.15) is 30.1 Å². The van der Waals surface area contributed by atoms with Crippen LogP contribution in [0.3, 0.4) is 0 Å². The summed E-state index contributed by atoms with van der Waals surface area (Å²) in [7, 11) is 2.89. The van der Waals surface area contributed by atoms with E-state index in [-0.39, 0.29) is 18.1 Å². The fraction of sp³-hybridized carbons (Fsp3) is 0.400. The van der Waals surface area contributed by atoms with Gasteiger partial charge in [0.05, 0.1) is 19.6 Å². The number of esters is 1. The van der Waals surface area contributed by atoms with E-state index in [1.807, 2.05) is 0 Å². The predicted molar refractivity (Wildman–Crippen MR) is 79.2 cm³/mol. The minimum absolute atomic E-state index is 0.0276. The number of Topliss-reactive ketones (excluding diaryl/α,β-unsaturated/α-hetero) is 1. The minimum atomic E-state index is -0.631. The molecule has 114 valence electrons. The van der Waals surface area contributed by atoms with Gasteiger partial charge in [-0.1, -0.05) is 6.92 Å². The molecule has 0 aromatic heterocycles. The van der Waals surface area contributed by atoms with Crippen LogP contribution in [0.2, 0.25) is 0 Å². The highest BCUT2D eigenvalue weighted by atomic mass is 16.5. The van der Waals surface area contributed by atoms with Crippen molar-refractivity contribution in [2.45, 2.75) is 25.8 Å². The summed E-state index contributed by atoms with van der Waals surface area (Å²) in [6.45, 7) is 1.76. The van der Waals surface area contributed by atoms with Gasteiger partial charge in [-0.3, -0.25) is 14.4 Å². The van der Waals surface area contributed by atoms with Crippen LogP contribution in [0.4, 0.5) is 5.69 Å². The highest BCUT2D eigenvalue weighted by Crippen LogP contribution is 2.13. The zero-order valence-electron chi connectivity index (χ0n) is 12.4. The standard InChI is InChI=1S/C15H20N2O4/c1-4-13(18)17-11-7-5-10(6-8-11)15(20)12(16-2)9-14(19)21-3/h5-8,12,16H,4,9H2,1-3H3,(H,17,18). The Morgan fingerprint density at radius 1 is 1.19 bits per heavy atom. The third-order valence-corrected chi connectivity index (χ3v) is 3.04. The third kappa shape index (κ3) is 5.00. The Kier molecular flexibility index (Phi) is 6.55. The molecule has 0 aliphatic rings. The highest BCUT2D eigenvalue weighted by Gasteiger charge is 2.21. The number of carbonyl (C=O) groups excluding carboxylic acids is 3. The maximum absolute atomic E-state index is 12.3. The lowest BCUT2D eigenvalue weighted by Gasteiger charge is -2.14. The van der Waals surface area contributed by atoms with Gasteiger partial charge in [-0.2, -0.15) is 0 Å². The first kappa shape index (κ1) is 16.8. The van der Waals surface area contributed by atoms with Crippen LogP contribution in [-0.2, 0) is 14.3 Å². The molecule has 0 fully saturated rings. The number of anilines is 1. The van der Waals surface area contributed by atoms with E-state index in [1.165, 1.54) is 7.11 Å². The number of carbonyl (C=O) groups is 3. The Morgan fingerprint density at radius 3 is 2.29 bits per heavy atom. The van der Waals surface area contributed by atoms with Crippen molar-refractivity contribution >= 4 is 23.3 Å². The van der Waals surface area contributed by atoms with Gasteiger partial charge in [0.15, 0.2) is 5.78 Å². The predicted octanol–water partition coefficient (Wildman–Crippen LogP) is 1.37. The third-order valence-electron chi connectivity index (χ3n) is 3.04. The van der Waals surface area contributed by atoms with Gasteiger partial charge >= 0.3 is 5.97 Å². The molecule has 2 N–H and O–H groups in total. The summed E-state index contributed by atoms with van der Waals surface area (Å²) >= 11 is 0. The van der Waals surface area contributed by atoms with Crippen LogP contribution in [0.15, 0.2) is 24.3 Å². The largest absolute Gasteiger partial charge is 0.469 e. The maximum Gasteiger partial charge on any atom is 0.307 e. The van der Waals surface area contributed by atoms with Gasteiger partial charge in [0.25, 0.3) is 0 Å². The molecule has 6 nitrogen and oxygen atoms in total. The van der Waals surface area contributed by atoms with Crippen LogP contribution < -0.4 is 10.6 Å². The van der Waals surface area contributed by atoms with E-state index in [0.29, 0.717) is 17.7 Å². The second-order valence-corrected chi connectivity index (χ2v) is 4.46. The lowest BCUT2D eigenvalue weighted by molar-refractivity contribution is -0.140. The summed E-state index contributed by atoms with van der Waals surface area (Å²) in [5, 5.41) is 5.50. The summed E-state index contributed by atoms with van der Waals surface area (Å²) in [5.74, 6) is -0.737. The first-order valence-electron chi connectivity index (χ1n) is 6.70. The fourth-order valence-corrected chi connectivity index (χ4v) is 1.74. The molecule has 1 rings (SSSR count). The Hall–Kier alpha value is -2.21. The Balaban J connectivity index is 2.77. The molecular weight excluding hydrogens is 272 g/mol. The van der Waals surface area contributed by atoms with Gasteiger partial charge in [0, 0.05) is 17.7 Å². The average molecular weight is 292 g/mol. The van der Waals surface area contributed by atoms with Gasteiger partial charge in [-0.15, -0.1) is 0 Å². The van der Waals surface area contributed by atoms with Gasteiger partial charge < -0.3 is 15.4 Å². The molecule has 0 spiro atoms. The SMILES string of the molecule is CCC(=O)Nc1ccc(C(=O)C(CC(=O)OC)NC)cc1. The molecule has 0 saturated heterocycles. The molecule has 0 saturated carbocycles. The maximum atomic E-state index is 12.3. The molecule has 0 aliphatic carbocycles. The number of ketones is 1. The van der Waals surface area contributed by atoms with E-state index in [9.17, 15) is 14.4 Å². The monoisotopic (exact) mass is 292 g/mol. The second kappa shape index (κ2) is 8.16. The summed E-state index contributed by atoms with van der Waals surface area (Å²) in [6.07, 6.45) is 0.363. The number of nitrogens with one attached hydrogen (secondary N) is 2. The van der Waals surface area contributed by atoms with Crippen LogP contribution in [0.25, 0.3) is 0 Å². The zero-order valence-corrected chi connectivity index (χ0v) is 12.4. The van der Waals surface area contributed by atoms with Crippen LogP contribution in [-0.4, -0.2) is 37.9 Å². The van der Waals surface area contributed by atoms with Crippen LogP contribution >= 0.6 is 0 Å². The Bertz CT molecular complexity index is 511. The number of methoxy groups -OCH3 is 1. The molecule has 21 heavy (non-hydrogen) atoms. The number of likely N-dealkylation sites (N-methyl/N-ethyl adjacent to an activating group) is 1. The zero-order chi connectivity index (χ0) is 15.8. The fourth-order valence-electron chi connectivity index (χ4n) is 1.74. The summed E-state index contributed by atoms with van der Waals surface area (Å²) in [6, 6.07) is 5.93. The Labute approximate surface area is 123 Å². The average Bonchev–Trinajstić information content (AvgIpc) is 2.52. The van der Waals surface area contributed by atoms with E-state index < -0.39 is 12.0 Å². The molecule has 1 unspecified atom stereocenters. The lowest BCUT2D eigenvalue weighted by Crippen LogP contribution is -2.36. The number of amides is 1.